The molecule has 1 aromatic heterocycles. The van der Waals surface area contributed by atoms with Gasteiger partial charge in [-0.05, 0) is 31.0 Å². The Labute approximate surface area is 93.5 Å². The van der Waals surface area contributed by atoms with Gasteiger partial charge in [0.15, 0.2) is 5.82 Å². The summed E-state index contributed by atoms with van der Waals surface area (Å²) in [7, 11) is 0. The van der Waals surface area contributed by atoms with Crippen molar-refractivity contribution in [3.63, 3.8) is 0 Å². The maximum absolute atomic E-state index is 10.9. The van der Waals surface area contributed by atoms with Gasteiger partial charge in [0, 0.05) is 11.8 Å². The molecular weight excluding hydrogens is 202 g/mol. The van der Waals surface area contributed by atoms with Gasteiger partial charge in [-0.2, -0.15) is 0 Å². The largest absolute Gasteiger partial charge is 0.363 e. The van der Waals surface area contributed by atoms with E-state index in [1.807, 2.05) is 25.1 Å². The summed E-state index contributed by atoms with van der Waals surface area (Å²) < 4.78 is 0. The van der Waals surface area contributed by atoms with E-state index in [2.05, 4.69) is 16.9 Å². The summed E-state index contributed by atoms with van der Waals surface area (Å²) in [6.45, 7) is 4.10. The Hall–Kier alpha value is -2.10. The number of hydrogen-bond donors (Lipinski definition) is 2. The van der Waals surface area contributed by atoms with Crippen molar-refractivity contribution in [2.75, 3.05) is 0 Å². The first-order valence-corrected chi connectivity index (χ1v) is 5.01. The lowest BCUT2D eigenvalue weighted by molar-refractivity contribution is 0.0991. The third-order valence-electron chi connectivity index (χ3n) is 2.61. The molecule has 0 aliphatic carbocycles. The number of H-pyrrole nitrogens is 1. The topological polar surface area (TPSA) is 71.8 Å². The SMILES string of the molecule is Cc1ccc(-c2c[nH]c(C(N)=O)n2)cc1C. The van der Waals surface area contributed by atoms with E-state index in [0.717, 1.165) is 11.3 Å². The molecule has 0 bridgehead atoms. The summed E-state index contributed by atoms with van der Waals surface area (Å²) in [5.41, 5.74) is 9.26. The van der Waals surface area contributed by atoms with Gasteiger partial charge in [-0.3, -0.25) is 4.79 Å². The number of aromatic nitrogens is 2. The van der Waals surface area contributed by atoms with Crippen LogP contribution in [0.5, 0.6) is 0 Å². The molecule has 2 rings (SSSR count). The van der Waals surface area contributed by atoms with Gasteiger partial charge in [0.25, 0.3) is 5.91 Å². The molecular formula is C12H13N3O. The third kappa shape index (κ3) is 1.82. The summed E-state index contributed by atoms with van der Waals surface area (Å²) in [5.74, 6) is -0.358. The monoisotopic (exact) mass is 215 g/mol. The minimum absolute atomic E-state index is 0.188. The van der Waals surface area contributed by atoms with Crippen LogP contribution in [0.3, 0.4) is 0 Å². The van der Waals surface area contributed by atoms with Crippen LogP contribution in [-0.2, 0) is 0 Å². The molecule has 4 nitrogen and oxygen atoms in total. The van der Waals surface area contributed by atoms with Crippen molar-refractivity contribution in [2.45, 2.75) is 13.8 Å². The van der Waals surface area contributed by atoms with Gasteiger partial charge in [-0.15, -0.1) is 0 Å². The van der Waals surface area contributed by atoms with Crippen molar-refractivity contribution in [2.24, 2.45) is 5.73 Å². The summed E-state index contributed by atoms with van der Waals surface area (Å²) >= 11 is 0. The second-order valence-electron chi connectivity index (χ2n) is 3.80. The van der Waals surface area contributed by atoms with E-state index in [0.29, 0.717) is 0 Å². The third-order valence-corrected chi connectivity index (χ3v) is 2.61. The summed E-state index contributed by atoms with van der Waals surface area (Å²) in [6.07, 6.45) is 1.68. The Morgan fingerprint density at radius 1 is 1.31 bits per heavy atom. The number of nitrogens with one attached hydrogen (secondary N) is 1. The van der Waals surface area contributed by atoms with Crippen LogP contribution in [0.4, 0.5) is 0 Å². The predicted octanol–water partition coefficient (Wildman–Crippen LogP) is 1.79. The highest BCUT2D eigenvalue weighted by Crippen LogP contribution is 2.20. The maximum atomic E-state index is 10.9. The van der Waals surface area contributed by atoms with E-state index in [1.165, 1.54) is 11.1 Å². The zero-order chi connectivity index (χ0) is 11.7. The Morgan fingerprint density at radius 3 is 2.62 bits per heavy atom. The summed E-state index contributed by atoms with van der Waals surface area (Å²) in [6, 6.07) is 6.04. The molecule has 0 saturated carbocycles. The zero-order valence-electron chi connectivity index (χ0n) is 9.24. The van der Waals surface area contributed by atoms with Crippen molar-refractivity contribution in [3.05, 3.63) is 41.3 Å². The van der Waals surface area contributed by atoms with Crippen LogP contribution in [-0.4, -0.2) is 15.9 Å². The van der Waals surface area contributed by atoms with Gasteiger partial charge in [0.05, 0.1) is 5.69 Å². The first-order chi connectivity index (χ1) is 7.58. The molecule has 0 unspecified atom stereocenters. The lowest BCUT2D eigenvalue weighted by atomic mass is 10.1. The van der Waals surface area contributed by atoms with Crippen LogP contribution in [0.15, 0.2) is 24.4 Å². The highest BCUT2D eigenvalue weighted by molar-refractivity contribution is 5.89. The molecule has 0 aliphatic rings. The fourth-order valence-electron chi connectivity index (χ4n) is 1.50. The number of imidazole rings is 1. The average Bonchev–Trinajstić information content (AvgIpc) is 2.71. The quantitative estimate of drug-likeness (QED) is 0.801. The van der Waals surface area contributed by atoms with E-state index in [1.54, 1.807) is 6.20 Å². The predicted molar refractivity (Wildman–Crippen MR) is 62.0 cm³/mol. The van der Waals surface area contributed by atoms with Gasteiger partial charge in [0.2, 0.25) is 0 Å². The van der Waals surface area contributed by atoms with Gasteiger partial charge in [0.1, 0.15) is 0 Å². The fraction of sp³-hybridized carbons (Fsp3) is 0.167. The first kappa shape index (κ1) is 10.4. The van der Waals surface area contributed by atoms with Crippen LogP contribution in [0.1, 0.15) is 21.7 Å². The first-order valence-electron chi connectivity index (χ1n) is 5.01. The lowest BCUT2D eigenvalue weighted by Crippen LogP contribution is -2.12. The molecule has 1 heterocycles. The second-order valence-corrected chi connectivity index (χ2v) is 3.80. The van der Waals surface area contributed by atoms with E-state index in [-0.39, 0.29) is 5.82 Å². The number of hydrogen-bond acceptors (Lipinski definition) is 2. The number of carbonyl (C=O) groups excluding carboxylic acids is 1. The maximum Gasteiger partial charge on any atom is 0.284 e. The molecule has 4 heteroatoms. The molecule has 3 N–H and O–H groups in total. The average molecular weight is 215 g/mol. The molecule has 0 atom stereocenters. The lowest BCUT2D eigenvalue weighted by Gasteiger charge is -2.01. The molecule has 0 fully saturated rings. The highest BCUT2D eigenvalue weighted by Gasteiger charge is 2.08. The van der Waals surface area contributed by atoms with Crippen molar-refractivity contribution >= 4 is 5.91 Å². The molecule has 0 spiro atoms. The van der Waals surface area contributed by atoms with Gasteiger partial charge >= 0.3 is 0 Å². The standard InChI is InChI=1S/C12H13N3O/c1-7-3-4-9(5-8(7)2)10-6-14-12(15-10)11(13)16/h3-6H,1-2H3,(H2,13,16)(H,14,15). The van der Waals surface area contributed by atoms with E-state index in [4.69, 9.17) is 5.73 Å². The number of amides is 1. The second kappa shape index (κ2) is 3.81. The van der Waals surface area contributed by atoms with Crippen LogP contribution in [0.2, 0.25) is 0 Å². The zero-order valence-corrected chi connectivity index (χ0v) is 9.24. The molecule has 16 heavy (non-hydrogen) atoms. The van der Waals surface area contributed by atoms with Crippen molar-refractivity contribution in [3.8, 4) is 11.3 Å². The normalized spacial score (nSPS) is 10.4. The van der Waals surface area contributed by atoms with Crippen molar-refractivity contribution in [1.29, 1.82) is 0 Å². The molecule has 2 aromatic rings. The van der Waals surface area contributed by atoms with Crippen molar-refractivity contribution in [1.82, 2.24) is 9.97 Å². The number of carbonyl (C=O) groups is 1. The molecule has 0 aliphatic heterocycles. The van der Waals surface area contributed by atoms with Crippen LogP contribution >= 0.6 is 0 Å². The van der Waals surface area contributed by atoms with Gasteiger partial charge < -0.3 is 10.7 Å². The number of aryl methyl sites for hydroxylation is 2. The van der Waals surface area contributed by atoms with Crippen LogP contribution in [0.25, 0.3) is 11.3 Å². The van der Waals surface area contributed by atoms with Gasteiger partial charge in [-0.25, -0.2) is 4.98 Å². The minimum Gasteiger partial charge on any atom is -0.363 e. The number of aromatic amines is 1. The summed E-state index contributed by atoms with van der Waals surface area (Å²) in [4.78, 5) is 17.8. The Kier molecular flexibility index (Phi) is 2.48. The molecule has 0 radical (unpaired) electrons. The highest BCUT2D eigenvalue weighted by atomic mass is 16.1. The van der Waals surface area contributed by atoms with Crippen LogP contribution in [0, 0.1) is 13.8 Å². The van der Waals surface area contributed by atoms with Gasteiger partial charge in [-0.1, -0.05) is 12.1 Å². The molecule has 0 saturated heterocycles. The number of nitrogens with zero attached hydrogens (tertiary/aromatic N) is 1. The Bertz CT molecular complexity index is 543. The Morgan fingerprint density at radius 2 is 2.06 bits per heavy atom. The number of benzene rings is 1. The molecule has 82 valence electrons. The van der Waals surface area contributed by atoms with Crippen molar-refractivity contribution < 1.29 is 4.79 Å². The number of primary amides is 1. The number of nitrogens with two attached hydrogens (primary N) is 1. The molecule has 1 amide bonds. The van der Waals surface area contributed by atoms with E-state index in [9.17, 15) is 4.79 Å². The molecule has 1 aromatic carbocycles. The minimum atomic E-state index is -0.546. The Balaban J connectivity index is 2.42. The van der Waals surface area contributed by atoms with E-state index >= 15 is 0 Å². The van der Waals surface area contributed by atoms with E-state index < -0.39 is 5.91 Å². The smallest absolute Gasteiger partial charge is 0.284 e. The van der Waals surface area contributed by atoms with Crippen LogP contribution < -0.4 is 5.73 Å². The fourth-order valence-corrected chi connectivity index (χ4v) is 1.50. The summed E-state index contributed by atoms with van der Waals surface area (Å²) in [5, 5.41) is 0. The number of rotatable bonds is 2.